The van der Waals surface area contributed by atoms with E-state index in [9.17, 15) is 4.79 Å². The molecule has 0 spiro atoms. The Kier molecular flexibility index (Phi) is 5.42. The van der Waals surface area contributed by atoms with Gasteiger partial charge in [0.05, 0.1) is 29.0 Å². The molecule has 2 bridgehead atoms. The lowest BCUT2D eigenvalue weighted by Crippen LogP contribution is -2.16. The number of pyridine rings is 1. The first-order chi connectivity index (χ1) is 15.7. The van der Waals surface area contributed by atoms with E-state index in [2.05, 4.69) is 26.4 Å². The summed E-state index contributed by atoms with van der Waals surface area (Å²) in [5.74, 6) is 1.09. The third kappa shape index (κ3) is 3.87. The van der Waals surface area contributed by atoms with E-state index >= 15 is 0 Å². The smallest absolute Gasteiger partial charge is 0.258 e. The molecular weight excluding hydrogens is 400 g/mol. The first-order valence-electron chi connectivity index (χ1n) is 10.9. The second kappa shape index (κ2) is 8.67. The molecule has 0 fully saturated rings. The first kappa shape index (κ1) is 20.0. The minimum Gasteiger partial charge on any atom is -0.493 e. The number of aryl methyl sites for hydroxylation is 1. The summed E-state index contributed by atoms with van der Waals surface area (Å²) < 4.78 is 8.18. The summed E-state index contributed by atoms with van der Waals surface area (Å²) in [7, 11) is 0. The molecule has 5 rings (SSSR count). The molecule has 6 nitrogen and oxygen atoms in total. The molecule has 2 aromatic heterocycles. The van der Waals surface area contributed by atoms with E-state index in [1.54, 1.807) is 18.2 Å². The standard InChI is InChI=1S/C26H24N4O2/c1-2-19-16-18-17-22(27-19)20-10-4-7-13-24(20)32-15-9-3-8-14-30-23-12-6-5-11-21(23)28-26(30)29-25(18)31/h2,4-7,10-13,16-17H,1,3,8-9,14-15H2,(H,28,29,31). The van der Waals surface area contributed by atoms with Gasteiger partial charge in [0.25, 0.3) is 5.91 Å². The Morgan fingerprint density at radius 2 is 1.84 bits per heavy atom. The molecule has 32 heavy (non-hydrogen) atoms. The zero-order valence-corrected chi connectivity index (χ0v) is 17.8. The largest absolute Gasteiger partial charge is 0.493 e. The van der Waals surface area contributed by atoms with Crippen molar-refractivity contribution in [1.29, 1.82) is 0 Å². The second-order valence-corrected chi connectivity index (χ2v) is 7.81. The van der Waals surface area contributed by atoms with Crippen molar-refractivity contribution in [3.63, 3.8) is 0 Å². The number of imidazole rings is 1. The normalized spacial score (nSPS) is 14.3. The summed E-state index contributed by atoms with van der Waals surface area (Å²) >= 11 is 0. The van der Waals surface area contributed by atoms with Crippen LogP contribution in [-0.4, -0.2) is 27.0 Å². The maximum Gasteiger partial charge on any atom is 0.258 e. The number of hydrogen-bond donors (Lipinski definition) is 1. The minimum absolute atomic E-state index is 0.235. The van der Waals surface area contributed by atoms with Crippen LogP contribution in [0.2, 0.25) is 0 Å². The molecular formula is C26H24N4O2. The fourth-order valence-electron chi connectivity index (χ4n) is 4.03. The first-order valence-corrected chi connectivity index (χ1v) is 10.9. The SMILES string of the molecule is C=Cc1cc2cc(n1)-c1ccccc1OCCCCCn1c(nc3ccccc31)NC2=O. The van der Waals surface area contributed by atoms with E-state index in [1.807, 2.05) is 48.5 Å². The lowest BCUT2D eigenvalue weighted by atomic mass is 10.1. The average Bonchev–Trinajstić information content (AvgIpc) is 3.17. The molecule has 3 heterocycles. The van der Waals surface area contributed by atoms with Crippen LogP contribution in [0.3, 0.4) is 0 Å². The number of carbonyl (C=O) groups excluding carboxylic acids is 1. The van der Waals surface area contributed by atoms with Gasteiger partial charge in [-0.25, -0.2) is 9.97 Å². The summed E-state index contributed by atoms with van der Waals surface area (Å²) in [6.07, 6.45) is 4.56. The molecule has 1 amide bonds. The Labute approximate surface area is 186 Å². The number of hydrogen-bond acceptors (Lipinski definition) is 4. The van der Waals surface area contributed by atoms with Crippen LogP contribution in [-0.2, 0) is 6.54 Å². The number of nitrogens with one attached hydrogen (secondary N) is 1. The van der Waals surface area contributed by atoms with E-state index in [-0.39, 0.29) is 5.91 Å². The highest BCUT2D eigenvalue weighted by molar-refractivity contribution is 6.05. The van der Waals surface area contributed by atoms with E-state index < -0.39 is 0 Å². The highest BCUT2D eigenvalue weighted by Gasteiger charge is 2.17. The number of ether oxygens (including phenoxy) is 1. The van der Waals surface area contributed by atoms with Gasteiger partial charge in [-0.05, 0) is 61.7 Å². The maximum absolute atomic E-state index is 13.3. The third-order valence-corrected chi connectivity index (χ3v) is 5.64. The van der Waals surface area contributed by atoms with Crippen molar-refractivity contribution in [3.8, 4) is 17.0 Å². The molecule has 6 heteroatoms. The molecule has 4 aromatic rings. The zero-order chi connectivity index (χ0) is 21.9. The number of nitrogens with zero attached hydrogens (tertiary/aromatic N) is 3. The van der Waals surface area contributed by atoms with Crippen molar-refractivity contribution in [3.05, 3.63) is 78.5 Å². The highest BCUT2D eigenvalue weighted by atomic mass is 16.5. The Morgan fingerprint density at radius 3 is 2.75 bits per heavy atom. The van der Waals surface area contributed by atoms with E-state index in [0.717, 1.165) is 48.2 Å². The lowest BCUT2D eigenvalue weighted by molar-refractivity contribution is 0.102. The summed E-state index contributed by atoms with van der Waals surface area (Å²) in [4.78, 5) is 22.6. The van der Waals surface area contributed by atoms with Crippen LogP contribution >= 0.6 is 0 Å². The summed E-state index contributed by atoms with van der Waals surface area (Å²) in [5.41, 5.74) is 4.52. The molecule has 160 valence electrons. The minimum atomic E-state index is -0.235. The summed E-state index contributed by atoms with van der Waals surface area (Å²) in [5, 5.41) is 3.02. The van der Waals surface area contributed by atoms with Gasteiger partial charge in [0.1, 0.15) is 5.75 Å². The molecule has 0 unspecified atom stereocenters. The fourth-order valence-corrected chi connectivity index (χ4v) is 4.03. The third-order valence-electron chi connectivity index (χ3n) is 5.64. The number of anilines is 1. The van der Waals surface area contributed by atoms with Crippen molar-refractivity contribution in [2.75, 3.05) is 11.9 Å². The number of rotatable bonds is 1. The number of para-hydroxylation sites is 3. The molecule has 0 saturated carbocycles. The summed E-state index contributed by atoms with van der Waals surface area (Å²) in [6.45, 7) is 5.24. The molecule has 0 saturated heterocycles. The Balaban J connectivity index is 1.62. The van der Waals surface area contributed by atoms with Crippen LogP contribution in [0.5, 0.6) is 5.75 Å². The predicted molar refractivity (Wildman–Crippen MR) is 127 cm³/mol. The molecule has 0 aliphatic carbocycles. The van der Waals surface area contributed by atoms with Crippen LogP contribution in [0, 0.1) is 0 Å². The van der Waals surface area contributed by atoms with Gasteiger partial charge in [-0.1, -0.05) is 30.8 Å². The van der Waals surface area contributed by atoms with Gasteiger partial charge in [0, 0.05) is 17.7 Å². The van der Waals surface area contributed by atoms with E-state index in [1.165, 1.54) is 0 Å². The number of carbonyl (C=O) groups is 1. The van der Waals surface area contributed by atoms with Gasteiger partial charge >= 0.3 is 0 Å². The zero-order valence-electron chi connectivity index (χ0n) is 17.8. The highest BCUT2D eigenvalue weighted by Crippen LogP contribution is 2.30. The van der Waals surface area contributed by atoms with Crippen molar-refractivity contribution in [1.82, 2.24) is 14.5 Å². The van der Waals surface area contributed by atoms with Gasteiger partial charge in [-0.2, -0.15) is 0 Å². The number of fused-ring (bicyclic) bond motifs is 7. The van der Waals surface area contributed by atoms with Crippen LogP contribution in [0.25, 0.3) is 28.4 Å². The molecule has 0 atom stereocenters. The number of benzene rings is 2. The van der Waals surface area contributed by atoms with Crippen molar-refractivity contribution in [2.45, 2.75) is 25.8 Å². The number of aromatic nitrogens is 3. The monoisotopic (exact) mass is 424 g/mol. The van der Waals surface area contributed by atoms with Crippen LogP contribution in [0.1, 0.15) is 35.3 Å². The summed E-state index contributed by atoms with van der Waals surface area (Å²) in [6, 6.07) is 19.3. The van der Waals surface area contributed by atoms with Gasteiger partial charge in [0.2, 0.25) is 5.95 Å². The topological polar surface area (TPSA) is 69.0 Å². The van der Waals surface area contributed by atoms with Crippen LogP contribution < -0.4 is 10.1 Å². The molecule has 1 aliphatic heterocycles. The van der Waals surface area contributed by atoms with Crippen LogP contribution in [0.4, 0.5) is 5.95 Å². The van der Waals surface area contributed by atoms with Gasteiger partial charge in [0.15, 0.2) is 0 Å². The number of amides is 1. The van der Waals surface area contributed by atoms with Gasteiger partial charge in [-0.3, -0.25) is 10.1 Å². The second-order valence-electron chi connectivity index (χ2n) is 7.81. The van der Waals surface area contributed by atoms with E-state index in [4.69, 9.17) is 4.74 Å². The lowest BCUT2D eigenvalue weighted by Gasteiger charge is -2.12. The molecule has 0 radical (unpaired) electrons. The maximum atomic E-state index is 13.3. The van der Waals surface area contributed by atoms with Crippen LogP contribution in [0.15, 0.2) is 67.2 Å². The Bertz CT molecular complexity index is 1310. The van der Waals surface area contributed by atoms with Gasteiger partial charge in [-0.15, -0.1) is 0 Å². The molecule has 1 aliphatic rings. The fraction of sp³-hybridized carbons (Fsp3) is 0.192. The van der Waals surface area contributed by atoms with E-state index in [0.29, 0.717) is 29.5 Å². The average molecular weight is 425 g/mol. The molecule has 2 aromatic carbocycles. The quantitative estimate of drug-likeness (QED) is 0.435. The van der Waals surface area contributed by atoms with Crippen molar-refractivity contribution < 1.29 is 9.53 Å². The van der Waals surface area contributed by atoms with Gasteiger partial charge < -0.3 is 9.30 Å². The van der Waals surface area contributed by atoms with Crippen molar-refractivity contribution in [2.24, 2.45) is 0 Å². The Morgan fingerprint density at radius 1 is 1.00 bits per heavy atom. The predicted octanol–water partition coefficient (Wildman–Crippen LogP) is 5.56. The Hall–Kier alpha value is -3.93. The molecule has 1 N–H and O–H groups in total. The van der Waals surface area contributed by atoms with Crippen molar-refractivity contribution >= 4 is 29.0 Å².